The predicted molar refractivity (Wildman–Crippen MR) is 44.5 cm³/mol. The summed E-state index contributed by atoms with van der Waals surface area (Å²) in [5.41, 5.74) is -1.46. The second kappa shape index (κ2) is 4.06. The molecule has 0 unspecified atom stereocenters. The van der Waals surface area contributed by atoms with Crippen molar-refractivity contribution < 1.29 is 22.8 Å². The molecule has 0 fully saturated rings. The number of rotatable bonds is 2. The maximum atomic E-state index is 11.9. The molecule has 16 heavy (non-hydrogen) atoms. The molecule has 0 N–H and O–H groups in total. The molecule has 0 aliphatic rings. The second-order valence-electron chi connectivity index (χ2n) is 2.57. The Labute approximate surface area is 86.8 Å². The lowest BCUT2D eigenvalue weighted by atomic mass is 10.2. The summed E-state index contributed by atoms with van der Waals surface area (Å²) in [7, 11) is 0. The molecule has 0 bridgehead atoms. The first kappa shape index (κ1) is 11.8. The number of nitro groups is 1. The van der Waals surface area contributed by atoms with Gasteiger partial charge in [-0.1, -0.05) is 6.07 Å². The summed E-state index contributed by atoms with van der Waals surface area (Å²) < 4.78 is 39.3. The molecule has 0 amide bonds. The Morgan fingerprint density at radius 1 is 1.44 bits per heavy atom. The van der Waals surface area contributed by atoms with Gasteiger partial charge in [-0.05, 0) is 6.07 Å². The molecular weight excluding hydrogens is 229 g/mol. The third kappa shape index (κ3) is 2.60. The van der Waals surface area contributed by atoms with E-state index in [9.17, 15) is 23.3 Å². The number of alkyl halides is 3. The van der Waals surface area contributed by atoms with E-state index in [0.717, 1.165) is 18.2 Å². The minimum Gasteiger partial charge on any atom is -0.397 e. The van der Waals surface area contributed by atoms with Crippen LogP contribution in [0.2, 0.25) is 0 Å². The van der Waals surface area contributed by atoms with E-state index in [-0.39, 0.29) is 0 Å². The van der Waals surface area contributed by atoms with E-state index in [0.29, 0.717) is 0 Å². The molecule has 1 aromatic rings. The Morgan fingerprint density at radius 3 is 2.50 bits per heavy atom. The minimum absolute atomic E-state index is 0.550. The highest BCUT2D eigenvalue weighted by atomic mass is 19.4. The number of hydrogen-bond acceptors (Lipinski definition) is 4. The molecular formula is C8H3F3N2O3. The molecule has 0 atom stereocenters. The van der Waals surface area contributed by atoms with Crippen LogP contribution in [0, 0.1) is 21.4 Å². The quantitative estimate of drug-likeness (QED) is 0.579. The largest absolute Gasteiger partial charge is 0.573 e. The first-order valence-electron chi connectivity index (χ1n) is 3.78. The molecule has 1 aromatic carbocycles. The Balaban J connectivity index is 3.32. The van der Waals surface area contributed by atoms with Crippen LogP contribution < -0.4 is 4.74 Å². The van der Waals surface area contributed by atoms with Crippen LogP contribution in [-0.4, -0.2) is 11.3 Å². The zero-order valence-corrected chi connectivity index (χ0v) is 7.49. The van der Waals surface area contributed by atoms with Gasteiger partial charge < -0.3 is 4.74 Å². The van der Waals surface area contributed by atoms with Crippen LogP contribution in [0.3, 0.4) is 0 Å². The van der Waals surface area contributed by atoms with Gasteiger partial charge in [-0.2, -0.15) is 5.26 Å². The van der Waals surface area contributed by atoms with Gasteiger partial charge in [0.2, 0.25) is 5.75 Å². The molecule has 5 nitrogen and oxygen atoms in total. The van der Waals surface area contributed by atoms with E-state index in [2.05, 4.69) is 4.74 Å². The first-order chi connectivity index (χ1) is 7.35. The highest BCUT2D eigenvalue weighted by molar-refractivity contribution is 5.56. The molecule has 0 aliphatic heterocycles. The van der Waals surface area contributed by atoms with Gasteiger partial charge in [0.05, 0.1) is 4.92 Å². The SMILES string of the molecule is N#Cc1cccc([N+](=O)[O-])c1OC(F)(F)F. The highest BCUT2D eigenvalue weighted by Crippen LogP contribution is 2.34. The van der Waals surface area contributed by atoms with E-state index >= 15 is 0 Å². The van der Waals surface area contributed by atoms with Gasteiger partial charge in [0.25, 0.3) is 0 Å². The minimum atomic E-state index is -5.09. The monoisotopic (exact) mass is 232 g/mol. The van der Waals surface area contributed by atoms with Gasteiger partial charge in [-0.25, -0.2) is 0 Å². The maximum Gasteiger partial charge on any atom is 0.573 e. The lowest BCUT2D eigenvalue weighted by molar-refractivity contribution is -0.388. The number of nitriles is 1. The molecule has 0 saturated heterocycles. The van der Waals surface area contributed by atoms with E-state index in [1.54, 1.807) is 0 Å². The molecule has 8 heteroatoms. The first-order valence-corrected chi connectivity index (χ1v) is 3.78. The fraction of sp³-hybridized carbons (Fsp3) is 0.125. The van der Waals surface area contributed by atoms with Crippen LogP contribution >= 0.6 is 0 Å². The van der Waals surface area contributed by atoms with Crippen molar-refractivity contribution in [3.8, 4) is 11.8 Å². The zero-order chi connectivity index (χ0) is 12.3. The van der Waals surface area contributed by atoms with Crippen molar-refractivity contribution in [1.82, 2.24) is 0 Å². The summed E-state index contributed by atoms with van der Waals surface area (Å²) in [6.07, 6.45) is -5.09. The molecule has 0 aliphatic carbocycles. The summed E-state index contributed by atoms with van der Waals surface area (Å²) >= 11 is 0. The van der Waals surface area contributed by atoms with Crippen molar-refractivity contribution in [3.63, 3.8) is 0 Å². The van der Waals surface area contributed by atoms with Crippen molar-refractivity contribution >= 4 is 5.69 Å². The Hall–Kier alpha value is -2.30. The van der Waals surface area contributed by atoms with Gasteiger partial charge in [0, 0.05) is 6.07 Å². The lowest BCUT2D eigenvalue weighted by Gasteiger charge is -2.09. The number of halogens is 3. The second-order valence-corrected chi connectivity index (χ2v) is 2.57. The van der Waals surface area contributed by atoms with Gasteiger partial charge >= 0.3 is 12.0 Å². The van der Waals surface area contributed by atoms with Gasteiger partial charge in [-0.15, -0.1) is 13.2 Å². The molecule has 1 rings (SSSR count). The Kier molecular flexibility index (Phi) is 2.99. The van der Waals surface area contributed by atoms with Gasteiger partial charge in [0.15, 0.2) is 0 Å². The fourth-order valence-electron chi connectivity index (χ4n) is 0.980. The number of nitro benzene ring substituents is 1. The maximum absolute atomic E-state index is 11.9. The average molecular weight is 232 g/mol. The van der Waals surface area contributed by atoms with E-state index in [1.165, 1.54) is 6.07 Å². The fourth-order valence-corrected chi connectivity index (χ4v) is 0.980. The molecule has 0 saturated carbocycles. The standard InChI is InChI=1S/C8H3F3N2O3/c9-8(10,11)16-7-5(4-12)2-1-3-6(7)13(14)15/h1-3H. The van der Waals surface area contributed by atoms with Crippen LogP contribution in [0.5, 0.6) is 5.75 Å². The third-order valence-electron chi connectivity index (χ3n) is 1.53. The van der Waals surface area contributed by atoms with Gasteiger partial charge in [-0.3, -0.25) is 10.1 Å². The summed E-state index contributed by atoms with van der Waals surface area (Å²) in [6.45, 7) is 0. The van der Waals surface area contributed by atoms with Crippen LogP contribution in [0.1, 0.15) is 5.56 Å². The molecule has 84 valence electrons. The normalized spacial score (nSPS) is 10.6. The topological polar surface area (TPSA) is 76.2 Å². The number of nitrogens with zero attached hydrogens (tertiary/aromatic N) is 2. The summed E-state index contributed by atoms with van der Waals surface area (Å²) in [5.74, 6) is -1.09. The molecule has 0 aromatic heterocycles. The highest BCUT2D eigenvalue weighted by Gasteiger charge is 2.35. The number of hydrogen-bond donors (Lipinski definition) is 0. The predicted octanol–water partition coefficient (Wildman–Crippen LogP) is 2.37. The van der Waals surface area contributed by atoms with Crippen molar-refractivity contribution in [2.45, 2.75) is 6.36 Å². The van der Waals surface area contributed by atoms with Crippen molar-refractivity contribution in [2.75, 3.05) is 0 Å². The number of para-hydroxylation sites is 1. The van der Waals surface area contributed by atoms with E-state index in [1.807, 2.05) is 0 Å². The molecule has 0 heterocycles. The van der Waals surface area contributed by atoms with Crippen LogP contribution in [0.15, 0.2) is 18.2 Å². The molecule has 0 radical (unpaired) electrons. The Bertz CT molecular complexity index is 465. The summed E-state index contributed by atoms with van der Waals surface area (Å²) in [4.78, 5) is 9.37. The third-order valence-corrected chi connectivity index (χ3v) is 1.53. The van der Waals surface area contributed by atoms with Crippen LogP contribution in [0.25, 0.3) is 0 Å². The number of benzene rings is 1. The number of ether oxygens (including phenoxy) is 1. The zero-order valence-electron chi connectivity index (χ0n) is 7.49. The van der Waals surface area contributed by atoms with Crippen LogP contribution in [-0.2, 0) is 0 Å². The average Bonchev–Trinajstić information content (AvgIpc) is 2.15. The smallest absolute Gasteiger partial charge is 0.397 e. The molecule has 0 spiro atoms. The van der Waals surface area contributed by atoms with Crippen molar-refractivity contribution in [2.24, 2.45) is 0 Å². The van der Waals surface area contributed by atoms with Crippen molar-refractivity contribution in [1.29, 1.82) is 5.26 Å². The van der Waals surface area contributed by atoms with E-state index < -0.39 is 28.3 Å². The lowest BCUT2D eigenvalue weighted by Crippen LogP contribution is -2.18. The van der Waals surface area contributed by atoms with Crippen molar-refractivity contribution in [3.05, 3.63) is 33.9 Å². The summed E-state index contributed by atoms with van der Waals surface area (Å²) in [5, 5.41) is 18.9. The van der Waals surface area contributed by atoms with E-state index in [4.69, 9.17) is 5.26 Å². The van der Waals surface area contributed by atoms with Crippen LogP contribution in [0.4, 0.5) is 18.9 Å². The van der Waals surface area contributed by atoms with Gasteiger partial charge in [0.1, 0.15) is 11.6 Å². The summed E-state index contributed by atoms with van der Waals surface area (Å²) in [6, 6.07) is 4.30. The Morgan fingerprint density at radius 2 is 2.06 bits per heavy atom.